The average Bonchev–Trinajstić information content (AvgIpc) is 3.08. The van der Waals surface area contributed by atoms with Crippen molar-refractivity contribution in [1.29, 1.82) is 0 Å². The number of unbranched alkanes of at least 4 members (excludes halogenated alkanes) is 18. The van der Waals surface area contributed by atoms with Crippen molar-refractivity contribution in [2.75, 3.05) is 54.0 Å². The van der Waals surface area contributed by atoms with E-state index < -0.39 is 0 Å². The van der Waals surface area contributed by atoms with Gasteiger partial charge in [0.2, 0.25) is 0 Å². The second-order valence-corrected chi connectivity index (χ2v) is 13.6. The highest BCUT2D eigenvalue weighted by Crippen LogP contribution is 2.10. The number of hydrogen-bond acceptors (Lipinski definition) is 5. The van der Waals surface area contributed by atoms with Gasteiger partial charge in [-0.3, -0.25) is 0 Å². The Bertz CT molecular complexity index is 718. The summed E-state index contributed by atoms with van der Waals surface area (Å²) in [6.07, 6.45) is 48.8. The zero-order valence-corrected chi connectivity index (χ0v) is 32.5. The summed E-state index contributed by atoms with van der Waals surface area (Å²) in [7, 11) is 4.12. The third-order valence-electron chi connectivity index (χ3n) is 8.40. The molecule has 0 spiro atoms. The summed E-state index contributed by atoms with van der Waals surface area (Å²) in [4.78, 5) is 2.13. The minimum absolute atomic E-state index is 0.0127. The van der Waals surface area contributed by atoms with E-state index in [9.17, 15) is 0 Å². The van der Waals surface area contributed by atoms with Crippen LogP contribution in [0.25, 0.3) is 0 Å². The van der Waals surface area contributed by atoms with Crippen LogP contribution in [-0.2, 0) is 18.9 Å². The first-order chi connectivity index (χ1) is 23.7. The molecule has 0 rings (SSSR count). The number of ether oxygens (including phenoxy) is 4. The van der Waals surface area contributed by atoms with Crippen molar-refractivity contribution in [3.05, 3.63) is 48.6 Å². The highest BCUT2D eigenvalue weighted by Gasteiger charge is 2.11. The molecule has 0 bridgehead atoms. The highest BCUT2D eigenvalue weighted by atomic mass is 16.7. The van der Waals surface area contributed by atoms with E-state index in [0.717, 1.165) is 45.4 Å². The predicted molar refractivity (Wildman–Crippen MR) is 210 cm³/mol. The molecule has 5 heteroatoms. The summed E-state index contributed by atoms with van der Waals surface area (Å²) in [6.45, 7) is 8.05. The second kappa shape index (κ2) is 41.9. The summed E-state index contributed by atoms with van der Waals surface area (Å²) < 4.78 is 23.2. The van der Waals surface area contributed by atoms with Gasteiger partial charge in [0.1, 0.15) is 13.6 Å². The van der Waals surface area contributed by atoms with E-state index in [1.807, 2.05) is 0 Å². The van der Waals surface area contributed by atoms with Crippen LogP contribution in [0, 0.1) is 0 Å². The lowest BCUT2D eigenvalue weighted by atomic mass is 10.1. The lowest BCUT2D eigenvalue weighted by Crippen LogP contribution is -2.33. The third-order valence-corrected chi connectivity index (χ3v) is 8.40. The number of likely N-dealkylation sites (N-methyl/N-ethyl adjacent to an activating group) is 1. The van der Waals surface area contributed by atoms with Crippen LogP contribution in [0.2, 0.25) is 0 Å². The Morgan fingerprint density at radius 1 is 0.438 bits per heavy atom. The van der Waals surface area contributed by atoms with Crippen LogP contribution in [0.5, 0.6) is 0 Å². The minimum Gasteiger partial charge on any atom is -0.355 e. The molecule has 282 valence electrons. The molecular weight excluding hydrogens is 594 g/mol. The van der Waals surface area contributed by atoms with Crippen molar-refractivity contribution in [2.45, 2.75) is 174 Å². The van der Waals surface area contributed by atoms with Crippen molar-refractivity contribution in [1.82, 2.24) is 4.90 Å². The van der Waals surface area contributed by atoms with Crippen LogP contribution in [-0.4, -0.2) is 65.1 Å². The van der Waals surface area contributed by atoms with Gasteiger partial charge in [0.15, 0.2) is 0 Å². The number of rotatable bonds is 39. The van der Waals surface area contributed by atoms with Crippen molar-refractivity contribution in [2.24, 2.45) is 0 Å². The van der Waals surface area contributed by atoms with Gasteiger partial charge in [0.05, 0.1) is 12.7 Å². The molecule has 0 N–H and O–H groups in total. The molecule has 0 saturated carbocycles. The van der Waals surface area contributed by atoms with E-state index >= 15 is 0 Å². The fourth-order valence-electron chi connectivity index (χ4n) is 5.45. The Balaban J connectivity index is 3.53. The maximum Gasteiger partial charge on any atom is 0.147 e. The Morgan fingerprint density at radius 2 is 0.833 bits per heavy atom. The van der Waals surface area contributed by atoms with Crippen LogP contribution < -0.4 is 0 Å². The molecule has 5 nitrogen and oxygen atoms in total. The van der Waals surface area contributed by atoms with Gasteiger partial charge >= 0.3 is 0 Å². The zero-order valence-electron chi connectivity index (χ0n) is 32.5. The average molecular weight is 676 g/mol. The zero-order chi connectivity index (χ0) is 34.9. The van der Waals surface area contributed by atoms with Crippen molar-refractivity contribution in [3.8, 4) is 0 Å². The molecule has 1 unspecified atom stereocenters. The van der Waals surface area contributed by atoms with E-state index in [0.29, 0.717) is 20.2 Å². The molecule has 0 aromatic rings. The maximum absolute atomic E-state index is 5.96. The molecule has 0 heterocycles. The fraction of sp³-hybridized carbons (Fsp3) is 0.814. The van der Waals surface area contributed by atoms with Crippen molar-refractivity contribution >= 4 is 0 Å². The number of hydrogen-bond donors (Lipinski definition) is 0. The summed E-state index contributed by atoms with van der Waals surface area (Å²) in [5.41, 5.74) is 0. The number of nitrogens with zero attached hydrogens (tertiary/aromatic N) is 1. The molecule has 0 radical (unpaired) electrons. The highest BCUT2D eigenvalue weighted by molar-refractivity contribution is 4.93. The lowest BCUT2D eigenvalue weighted by Gasteiger charge is -2.21. The smallest absolute Gasteiger partial charge is 0.147 e. The van der Waals surface area contributed by atoms with Crippen LogP contribution in [0.15, 0.2) is 48.6 Å². The molecule has 0 aliphatic carbocycles. The Kier molecular flexibility index (Phi) is 40.8. The van der Waals surface area contributed by atoms with Gasteiger partial charge in [-0.15, -0.1) is 0 Å². The van der Waals surface area contributed by atoms with Crippen LogP contribution in [0.1, 0.15) is 168 Å². The Labute approximate surface area is 300 Å². The summed E-state index contributed by atoms with van der Waals surface area (Å²) in [6, 6.07) is 0. The van der Waals surface area contributed by atoms with Gasteiger partial charge < -0.3 is 23.8 Å². The van der Waals surface area contributed by atoms with Crippen LogP contribution >= 0.6 is 0 Å². The van der Waals surface area contributed by atoms with E-state index in [-0.39, 0.29) is 6.10 Å². The molecule has 0 aromatic carbocycles. The van der Waals surface area contributed by atoms with Gasteiger partial charge in [-0.1, -0.05) is 140 Å². The first kappa shape index (κ1) is 46.8. The van der Waals surface area contributed by atoms with Gasteiger partial charge in [0, 0.05) is 19.8 Å². The molecule has 0 aliphatic rings. The van der Waals surface area contributed by atoms with Crippen LogP contribution in [0.3, 0.4) is 0 Å². The second-order valence-electron chi connectivity index (χ2n) is 13.6. The topological polar surface area (TPSA) is 40.2 Å². The summed E-state index contributed by atoms with van der Waals surface area (Å²) in [5.74, 6) is 0. The fourth-order valence-corrected chi connectivity index (χ4v) is 5.45. The van der Waals surface area contributed by atoms with E-state index in [2.05, 4.69) is 81.5 Å². The van der Waals surface area contributed by atoms with Gasteiger partial charge in [-0.2, -0.15) is 0 Å². The molecule has 0 saturated heterocycles. The summed E-state index contributed by atoms with van der Waals surface area (Å²) in [5, 5.41) is 0. The molecule has 1 atom stereocenters. The normalized spacial score (nSPS) is 13.1. The van der Waals surface area contributed by atoms with Gasteiger partial charge in [-0.05, 0) is 91.1 Å². The Morgan fingerprint density at radius 3 is 1.27 bits per heavy atom. The SMILES string of the molecule is CCCCC/C=C\C/C=C\CCCCCCCCOCOCC(CN(C)C)OCOCCCCCCCC/C=C\C/C=C\CCCCC. The first-order valence-electron chi connectivity index (χ1n) is 20.3. The van der Waals surface area contributed by atoms with E-state index in [4.69, 9.17) is 18.9 Å². The lowest BCUT2D eigenvalue weighted by molar-refractivity contribution is -0.137. The van der Waals surface area contributed by atoms with Crippen molar-refractivity contribution in [3.63, 3.8) is 0 Å². The molecule has 0 fully saturated rings. The Hall–Kier alpha value is -1.24. The maximum atomic E-state index is 5.96. The largest absolute Gasteiger partial charge is 0.355 e. The monoisotopic (exact) mass is 676 g/mol. The van der Waals surface area contributed by atoms with Gasteiger partial charge in [-0.25, -0.2) is 0 Å². The standard InChI is InChI=1S/C43H81NO4/c1-5-7-9-11-13-15-17-19-21-23-25-27-29-31-33-35-37-45-41-47-40-43(39-44(3)4)48-42-46-38-36-34-32-30-28-26-24-22-20-18-16-14-12-10-8-6-2/h13-16,19-22,43H,5-12,17-18,23-42H2,1-4H3/b15-13-,16-14-,21-19-,22-20-. The molecular formula is C43H81NO4. The van der Waals surface area contributed by atoms with Crippen molar-refractivity contribution < 1.29 is 18.9 Å². The molecule has 48 heavy (non-hydrogen) atoms. The van der Waals surface area contributed by atoms with Gasteiger partial charge in [0.25, 0.3) is 0 Å². The summed E-state index contributed by atoms with van der Waals surface area (Å²) >= 11 is 0. The van der Waals surface area contributed by atoms with Crippen LogP contribution in [0.4, 0.5) is 0 Å². The third kappa shape index (κ3) is 40.9. The predicted octanol–water partition coefficient (Wildman–Crippen LogP) is 12.5. The van der Waals surface area contributed by atoms with E-state index in [1.54, 1.807) is 0 Å². The molecule has 0 amide bonds. The minimum atomic E-state index is -0.0127. The molecule has 0 aromatic heterocycles. The molecule has 0 aliphatic heterocycles. The first-order valence-corrected chi connectivity index (χ1v) is 20.3. The van der Waals surface area contributed by atoms with E-state index in [1.165, 1.54) is 128 Å². The quantitative estimate of drug-likeness (QED) is 0.0368. The number of allylic oxidation sites excluding steroid dienone is 8.